The van der Waals surface area contributed by atoms with Gasteiger partial charge in [-0.3, -0.25) is 29.4 Å². The van der Waals surface area contributed by atoms with Crippen LogP contribution in [0.25, 0.3) is 5.52 Å². The average Bonchev–Trinajstić information content (AvgIpc) is 3.37. The van der Waals surface area contributed by atoms with Gasteiger partial charge in [0, 0.05) is 38.4 Å². The van der Waals surface area contributed by atoms with Gasteiger partial charge in [-0.2, -0.15) is 5.10 Å². The van der Waals surface area contributed by atoms with Crippen molar-refractivity contribution in [3.05, 3.63) is 56.1 Å². The number of aromatic nitrogens is 5. The number of piperidine rings is 2. The molecule has 0 bridgehead atoms. The molecular formula is C21H25N7O4. The van der Waals surface area contributed by atoms with E-state index in [9.17, 15) is 19.2 Å². The Labute approximate surface area is 182 Å². The van der Waals surface area contributed by atoms with E-state index >= 15 is 0 Å². The summed E-state index contributed by atoms with van der Waals surface area (Å²) in [6.45, 7) is 4.24. The highest BCUT2D eigenvalue weighted by Gasteiger charge is 2.41. The number of aryl methyl sites for hydroxylation is 1. The number of likely N-dealkylation sites (tertiary alicyclic amines) is 2. The van der Waals surface area contributed by atoms with E-state index in [0.717, 1.165) is 25.7 Å². The normalized spacial score (nSPS) is 18.4. The number of hydrogen-bond donors (Lipinski definition) is 3. The SMILES string of the molecule is Cc1c(C(=O)N2CCC3(CCCN(C(=O)c4cc(=O)[nH][nH]4)C3)CC2)cn2nc[nH]c(=O)c12. The molecule has 0 atom stereocenters. The second-order valence-electron chi connectivity index (χ2n) is 8.87. The van der Waals surface area contributed by atoms with Gasteiger partial charge in [-0.25, -0.2) is 4.52 Å². The molecule has 168 valence electrons. The zero-order valence-electron chi connectivity index (χ0n) is 17.8. The number of rotatable bonds is 2. The number of fused-ring (bicyclic) bond motifs is 1. The van der Waals surface area contributed by atoms with Crippen LogP contribution in [0.1, 0.15) is 52.1 Å². The highest BCUT2D eigenvalue weighted by molar-refractivity contribution is 5.97. The molecule has 0 radical (unpaired) electrons. The first-order chi connectivity index (χ1) is 15.4. The number of nitrogens with zero attached hydrogens (tertiary/aromatic N) is 4. The van der Waals surface area contributed by atoms with E-state index in [0.29, 0.717) is 42.8 Å². The van der Waals surface area contributed by atoms with Crippen LogP contribution in [0.2, 0.25) is 0 Å². The first-order valence-corrected chi connectivity index (χ1v) is 10.8. The zero-order valence-corrected chi connectivity index (χ0v) is 17.8. The Kier molecular flexibility index (Phi) is 4.75. The maximum absolute atomic E-state index is 13.2. The fourth-order valence-corrected chi connectivity index (χ4v) is 5.14. The van der Waals surface area contributed by atoms with E-state index in [1.54, 1.807) is 13.1 Å². The van der Waals surface area contributed by atoms with Crippen LogP contribution in [0.15, 0.2) is 28.2 Å². The number of carbonyl (C=O) groups excluding carboxylic acids is 2. The summed E-state index contributed by atoms with van der Waals surface area (Å²) >= 11 is 0. The molecule has 0 unspecified atom stereocenters. The lowest BCUT2D eigenvalue weighted by molar-refractivity contribution is 0.0198. The molecule has 11 nitrogen and oxygen atoms in total. The first-order valence-electron chi connectivity index (χ1n) is 10.8. The van der Waals surface area contributed by atoms with Gasteiger partial charge in [-0.1, -0.05) is 0 Å². The highest BCUT2D eigenvalue weighted by atomic mass is 16.2. The fourth-order valence-electron chi connectivity index (χ4n) is 5.14. The van der Waals surface area contributed by atoms with Gasteiger partial charge in [0.05, 0.1) is 5.56 Å². The largest absolute Gasteiger partial charge is 0.339 e. The second kappa shape index (κ2) is 7.50. The molecule has 2 amide bonds. The lowest BCUT2D eigenvalue weighted by Crippen LogP contribution is -2.52. The van der Waals surface area contributed by atoms with E-state index < -0.39 is 0 Å². The zero-order chi connectivity index (χ0) is 22.5. The molecule has 2 aliphatic rings. The van der Waals surface area contributed by atoms with Crippen LogP contribution in [0.3, 0.4) is 0 Å². The van der Waals surface area contributed by atoms with Gasteiger partial charge in [0.1, 0.15) is 17.5 Å². The quantitative estimate of drug-likeness (QED) is 0.534. The number of hydrogen-bond acceptors (Lipinski definition) is 5. The first kappa shape index (κ1) is 20.3. The Balaban J connectivity index is 1.29. The minimum absolute atomic E-state index is 0.0273. The molecule has 3 aromatic heterocycles. The van der Waals surface area contributed by atoms with Crippen molar-refractivity contribution < 1.29 is 9.59 Å². The topological polar surface area (TPSA) is 139 Å². The van der Waals surface area contributed by atoms with E-state index in [4.69, 9.17) is 0 Å². The number of carbonyl (C=O) groups is 2. The molecule has 3 N–H and O–H groups in total. The summed E-state index contributed by atoms with van der Waals surface area (Å²) in [7, 11) is 0. The molecule has 5 rings (SSSR count). The molecule has 1 spiro atoms. The number of aromatic amines is 3. The number of H-pyrrole nitrogens is 3. The molecule has 0 saturated carbocycles. The number of amides is 2. The minimum atomic E-state index is -0.322. The number of nitrogens with one attached hydrogen (secondary N) is 3. The van der Waals surface area contributed by atoms with Crippen LogP contribution < -0.4 is 11.1 Å². The maximum Gasteiger partial charge on any atom is 0.275 e. The van der Waals surface area contributed by atoms with Crippen LogP contribution in [0, 0.1) is 12.3 Å². The summed E-state index contributed by atoms with van der Waals surface area (Å²) in [5, 5.41) is 9.15. The molecule has 0 aromatic carbocycles. The van der Waals surface area contributed by atoms with Gasteiger partial charge < -0.3 is 14.8 Å². The summed E-state index contributed by atoms with van der Waals surface area (Å²) in [5.41, 5.74) is 1.15. The Bertz CT molecular complexity index is 1310. The van der Waals surface area contributed by atoms with Gasteiger partial charge in [0.25, 0.3) is 22.9 Å². The van der Waals surface area contributed by atoms with Crippen LogP contribution in [0.4, 0.5) is 0 Å². The Morgan fingerprint density at radius 1 is 1.03 bits per heavy atom. The highest BCUT2D eigenvalue weighted by Crippen LogP contribution is 2.40. The van der Waals surface area contributed by atoms with Crippen molar-refractivity contribution in [2.75, 3.05) is 26.2 Å². The molecular weight excluding hydrogens is 414 g/mol. The minimum Gasteiger partial charge on any atom is -0.339 e. The van der Waals surface area contributed by atoms with Gasteiger partial charge in [-0.15, -0.1) is 0 Å². The van der Waals surface area contributed by atoms with Crippen molar-refractivity contribution in [3.63, 3.8) is 0 Å². The molecule has 5 heterocycles. The third kappa shape index (κ3) is 3.33. The van der Waals surface area contributed by atoms with E-state index in [1.165, 1.54) is 16.9 Å². The molecule has 3 aromatic rings. The van der Waals surface area contributed by atoms with Gasteiger partial charge >= 0.3 is 0 Å². The predicted molar refractivity (Wildman–Crippen MR) is 115 cm³/mol. The Morgan fingerprint density at radius 3 is 2.50 bits per heavy atom. The third-order valence-corrected chi connectivity index (χ3v) is 6.95. The standard InChI is InChI=1S/C21H25N7O4/c1-13-14(10-28-17(13)18(30)22-12-23-28)19(31)26-7-4-21(5-8-26)3-2-6-27(11-21)20(32)15-9-16(29)25-24-15/h9-10,12H,2-8,11H2,1H3,(H,22,23,30)(H2,24,25,29). The Morgan fingerprint density at radius 2 is 1.81 bits per heavy atom. The predicted octanol–water partition coefficient (Wildman–Crippen LogP) is 0.506. The van der Waals surface area contributed by atoms with Crippen molar-refractivity contribution in [2.45, 2.75) is 32.6 Å². The van der Waals surface area contributed by atoms with Crippen LogP contribution in [0.5, 0.6) is 0 Å². The van der Waals surface area contributed by atoms with Crippen LogP contribution in [-0.4, -0.2) is 72.6 Å². The van der Waals surface area contributed by atoms with E-state index in [1.807, 2.05) is 9.80 Å². The van der Waals surface area contributed by atoms with Crippen LogP contribution >= 0.6 is 0 Å². The lowest BCUT2D eigenvalue weighted by Gasteiger charge is -2.47. The smallest absolute Gasteiger partial charge is 0.275 e. The molecule has 11 heteroatoms. The van der Waals surface area contributed by atoms with E-state index in [2.05, 4.69) is 20.3 Å². The van der Waals surface area contributed by atoms with Crippen molar-refractivity contribution in [2.24, 2.45) is 5.41 Å². The summed E-state index contributed by atoms with van der Waals surface area (Å²) < 4.78 is 1.45. The molecule has 2 aliphatic heterocycles. The summed E-state index contributed by atoms with van der Waals surface area (Å²) in [4.78, 5) is 55.6. The monoisotopic (exact) mass is 439 g/mol. The third-order valence-electron chi connectivity index (χ3n) is 6.95. The van der Waals surface area contributed by atoms with Crippen molar-refractivity contribution in [1.29, 1.82) is 0 Å². The summed E-state index contributed by atoms with van der Waals surface area (Å²) in [5.74, 6) is -0.273. The van der Waals surface area contributed by atoms with Gasteiger partial charge in [0.15, 0.2) is 0 Å². The average molecular weight is 439 g/mol. The fraction of sp³-hybridized carbons (Fsp3) is 0.476. The van der Waals surface area contributed by atoms with Crippen molar-refractivity contribution in [3.8, 4) is 0 Å². The lowest BCUT2D eigenvalue weighted by atomic mass is 9.72. The molecule has 2 fully saturated rings. The second-order valence-corrected chi connectivity index (χ2v) is 8.87. The summed E-state index contributed by atoms with van der Waals surface area (Å²) in [6, 6.07) is 1.29. The molecule has 2 saturated heterocycles. The van der Waals surface area contributed by atoms with Gasteiger partial charge in [-0.05, 0) is 43.6 Å². The van der Waals surface area contributed by atoms with E-state index in [-0.39, 0.29) is 34.0 Å². The summed E-state index contributed by atoms with van der Waals surface area (Å²) in [6.07, 6.45) is 6.44. The molecule has 32 heavy (non-hydrogen) atoms. The van der Waals surface area contributed by atoms with Crippen molar-refractivity contribution in [1.82, 2.24) is 34.6 Å². The Hall–Kier alpha value is -3.63. The van der Waals surface area contributed by atoms with Gasteiger partial charge in [0.2, 0.25) is 0 Å². The van der Waals surface area contributed by atoms with Crippen molar-refractivity contribution >= 4 is 17.3 Å². The maximum atomic E-state index is 13.2. The molecule has 0 aliphatic carbocycles. The van der Waals surface area contributed by atoms with Crippen LogP contribution in [-0.2, 0) is 0 Å².